The van der Waals surface area contributed by atoms with Crippen LogP contribution < -0.4 is 0 Å². The second-order valence-electron chi connectivity index (χ2n) is 5.22. The van der Waals surface area contributed by atoms with E-state index in [-0.39, 0.29) is 5.41 Å². The number of rotatable bonds is 5. The summed E-state index contributed by atoms with van der Waals surface area (Å²) in [6, 6.07) is 9.79. The van der Waals surface area contributed by atoms with Crippen LogP contribution in [0.15, 0.2) is 30.3 Å². The zero-order valence-electron chi connectivity index (χ0n) is 10.2. The highest BCUT2D eigenvalue weighted by molar-refractivity contribution is 7.03. The number of aliphatic hydroxyl groups excluding tert-OH is 1. The lowest BCUT2D eigenvalue weighted by Gasteiger charge is -2.17. The van der Waals surface area contributed by atoms with Gasteiger partial charge in [0.1, 0.15) is 13.5 Å². The van der Waals surface area contributed by atoms with Crippen LogP contribution in [0.2, 0.25) is 19.6 Å². The molecule has 0 saturated heterocycles. The van der Waals surface area contributed by atoms with Gasteiger partial charge in [0.2, 0.25) is 0 Å². The summed E-state index contributed by atoms with van der Waals surface area (Å²) in [5.74, 6) is 0. The van der Waals surface area contributed by atoms with E-state index in [1.807, 2.05) is 50.0 Å². The van der Waals surface area contributed by atoms with Gasteiger partial charge in [0, 0.05) is 6.42 Å². The van der Waals surface area contributed by atoms with Crippen molar-refractivity contribution in [3.63, 3.8) is 0 Å². The van der Waals surface area contributed by atoms with Gasteiger partial charge in [-0.3, -0.25) is 0 Å². The molecule has 0 amide bonds. The van der Waals surface area contributed by atoms with Crippen molar-refractivity contribution in [1.82, 2.24) is 0 Å². The van der Waals surface area contributed by atoms with Crippen molar-refractivity contribution in [2.45, 2.75) is 38.6 Å². The summed E-state index contributed by atoms with van der Waals surface area (Å²) in [4.78, 5) is 11.8. The summed E-state index contributed by atoms with van der Waals surface area (Å²) in [6.45, 7) is 6.06. The summed E-state index contributed by atoms with van der Waals surface area (Å²) in [7, 11) is -1.74. The first-order valence-electron chi connectivity index (χ1n) is 5.65. The molecule has 16 heavy (non-hydrogen) atoms. The minimum Gasteiger partial charge on any atom is -0.392 e. The Bertz CT molecular complexity index is 341. The van der Waals surface area contributed by atoms with Crippen molar-refractivity contribution >= 4 is 13.5 Å². The fraction of sp³-hybridized carbons (Fsp3) is 0.462. The molecule has 1 aromatic rings. The SMILES string of the molecule is C[Si](C)(C)C(=O)CC(O)Cc1ccccc1. The van der Waals surface area contributed by atoms with Gasteiger partial charge in [-0.25, -0.2) is 0 Å². The molecule has 0 saturated carbocycles. The molecule has 1 N–H and O–H groups in total. The standard InChI is InChI=1S/C13H20O2Si/c1-16(2,3)13(15)10-12(14)9-11-7-5-4-6-8-11/h4-8,12,14H,9-10H2,1-3H3. The summed E-state index contributed by atoms with van der Waals surface area (Å²) in [5, 5.41) is 10.1. The number of carbonyl (C=O) groups excluding carboxylic acids is 1. The summed E-state index contributed by atoms with van der Waals surface area (Å²) >= 11 is 0. The van der Waals surface area contributed by atoms with Crippen LogP contribution in [-0.4, -0.2) is 24.7 Å². The van der Waals surface area contributed by atoms with E-state index in [0.29, 0.717) is 12.8 Å². The third kappa shape index (κ3) is 4.29. The first-order chi connectivity index (χ1) is 7.39. The largest absolute Gasteiger partial charge is 0.392 e. The Labute approximate surface area is 98.3 Å². The molecule has 1 aromatic carbocycles. The van der Waals surface area contributed by atoms with Gasteiger partial charge < -0.3 is 9.90 Å². The Morgan fingerprint density at radius 3 is 2.31 bits per heavy atom. The summed E-state index contributed by atoms with van der Waals surface area (Å²) in [5.41, 5.74) is 1.08. The van der Waals surface area contributed by atoms with Gasteiger partial charge in [-0.2, -0.15) is 0 Å². The highest BCUT2D eigenvalue weighted by Gasteiger charge is 2.25. The van der Waals surface area contributed by atoms with E-state index in [0.717, 1.165) is 5.56 Å². The Morgan fingerprint density at radius 1 is 1.25 bits per heavy atom. The Kier molecular flexibility index (Phi) is 4.44. The van der Waals surface area contributed by atoms with Crippen LogP contribution in [-0.2, 0) is 11.2 Å². The summed E-state index contributed by atoms with van der Waals surface area (Å²) < 4.78 is 0. The van der Waals surface area contributed by atoms with Crippen LogP contribution in [0, 0.1) is 0 Å². The fourth-order valence-electron chi connectivity index (χ4n) is 1.48. The first-order valence-corrected chi connectivity index (χ1v) is 9.15. The Balaban J connectivity index is 2.49. The lowest BCUT2D eigenvalue weighted by molar-refractivity contribution is -0.114. The molecule has 1 rings (SSSR count). The Hall–Kier alpha value is -0.933. The van der Waals surface area contributed by atoms with E-state index in [1.165, 1.54) is 0 Å². The predicted molar refractivity (Wildman–Crippen MR) is 69.1 cm³/mol. The molecule has 1 atom stereocenters. The van der Waals surface area contributed by atoms with Gasteiger partial charge in [0.25, 0.3) is 0 Å². The molecular weight excluding hydrogens is 216 g/mol. The molecule has 3 heteroatoms. The van der Waals surface area contributed by atoms with E-state index >= 15 is 0 Å². The molecule has 0 aliphatic rings. The molecule has 0 aromatic heterocycles. The van der Waals surface area contributed by atoms with Crippen molar-refractivity contribution in [2.24, 2.45) is 0 Å². The number of hydrogen-bond acceptors (Lipinski definition) is 2. The van der Waals surface area contributed by atoms with E-state index < -0.39 is 14.2 Å². The van der Waals surface area contributed by atoms with Gasteiger partial charge in [-0.1, -0.05) is 50.0 Å². The third-order valence-corrected chi connectivity index (χ3v) is 4.45. The van der Waals surface area contributed by atoms with Crippen LogP contribution in [0.3, 0.4) is 0 Å². The fourth-order valence-corrected chi connectivity index (χ4v) is 2.33. The second kappa shape index (κ2) is 5.41. The van der Waals surface area contributed by atoms with Crippen LogP contribution in [0.4, 0.5) is 0 Å². The molecule has 1 unspecified atom stereocenters. The van der Waals surface area contributed by atoms with Gasteiger partial charge in [-0.15, -0.1) is 0 Å². The van der Waals surface area contributed by atoms with Crippen LogP contribution in [0.5, 0.6) is 0 Å². The quantitative estimate of drug-likeness (QED) is 0.797. The molecule has 0 fully saturated rings. The van der Waals surface area contributed by atoms with Crippen LogP contribution in [0.1, 0.15) is 12.0 Å². The highest BCUT2D eigenvalue weighted by Crippen LogP contribution is 2.11. The zero-order chi connectivity index (χ0) is 12.2. The molecule has 0 aliphatic heterocycles. The van der Waals surface area contributed by atoms with Crippen LogP contribution >= 0.6 is 0 Å². The lowest BCUT2D eigenvalue weighted by atomic mass is 10.1. The number of carbonyl (C=O) groups is 1. The lowest BCUT2D eigenvalue weighted by Crippen LogP contribution is -2.36. The molecule has 0 bridgehead atoms. The maximum absolute atomic E-state index is 11.8. The van der Waals surface area contributed by atoms with E-state index in [9.17, 15) is 9.90 Å². The van der Waals surface area contributed by atoms with E-state index in [2.05, 4.69) is 0 Å². The van der Waals surface area contributed by atoms with Crippen molar-refractivity contribution in [3.8, 4) is 0 Å². The number of benzene rings is 1. The van der Waals surface area contributed by atoms with Crippen molar-refractivity contribution < 1.29 is 9.90 Å². The van der Waals surface area contributed by atoms with E-state index in [4.69, 9.17) is 0 Å². The molecule has 0 spiro atoms. The van der Waals surface area contributed by atoms with Crippen molar-refractivity contribution in [3.05, 3.63) is 35.9 Å². The molecule has 0 heterocycles. The predicted octanol–water partition coefficient (Wildman–Crippen LogP) is 2.43. The maximum Gasteiger partial charge on any atom is 0.124 e. The highest BCUT2D eigenvalue weighted by atomic mass is 28.3. The van der Waals surface area contributed by atoms with Gasteiger partial charge >= 0.3 is 0 Å². The van der Waals surface area contributed by atoms with Crippen LogP contribution in [0.25, 0.3) is 0 Å². The molecule has 88 valence electrons. The minimum absolute atomic E-state index is 0.246. The molecular formula is C13H20O2Si. The molecule has 2 nitrogen and oxygen atoms in total. The van der Waals surface area contributed by atoms with Gasteiger partial charge in [0.05, 0.1) is 6.10 Å². The maximum atomic E-state index is 11.8. The smallest absolute Gasteiger partial charge is 0.124 e. The summed E-state index contributed by atoms with van der Waals surface area (Å²) in [6.07, 6.45) is 0.323. The third-order valence-electron chi connectivity index (χ3n) is 2.57. The average molecular weight is 236 g/mol. The topological polar surface area (TPSA) is 37.3 Å². The van der Waals surface area contributed by atoms with Crippen molar-refractivity contribution in [2.75, 3.05) is 0 Å². The second-order valence-corrected chi connectivity index (χ2v) is 10.3. The molecule has 0 aliphatic carbocycles. The van der Waals surface area contributed by atoms with Gasteiger partial charge in [-0.05, 0) is 12.0 Å². The van der Waals surface area contributed by atoms with E-state index in [1.54, 1.807) is 0 Å². The zero-order valence-corrected chi connectivity index (χ0v) is 11.2. The number of hydrogen-bond donors (Lipinski definition) is 1. The normalized spacial score (nSPS) is 13.5. The van der Waals surface area contributed by atoms with Crippen molar-refractivity contribution in [1.29, 1.82) is 0 Å². The Morgan fingerprint density at radius 2 is 1.81 bits per heavy atom. The first kappa shape index (κ1) is 13.1. The van der Waals surface area contributed by atoms with Gasteiger partial charge in [0.15, 0.2) is 0 Å². The minimum atomic E-state index is -1.74. The monoisotopic (exact) mass is 236 g/mol. The molecule has 0 radical (unpaired) electrons. The number of aliphatic hydroxyl groups is 1. The average Bonchev–Trinajstić information content (AvgIpc) is 2.17.